The van der Waals surface area contributed by atoms with Gasteiger partial charge in [0.05, 0.1) is 18.8 Å². The summed E-state index contributed by atoms with van der Waals surface area (Å²) in [6.07, 6.45) is 1.39. The summed E-state index contributed by atoms with van der Waals surface area (Å²) in [5.74, 6) is -1.05. The van der Waals surface area contributed by atoms with Crippen LogP contribution in [-0.4, -0.2) is 63.1 Å². The summed E-state index contributed by atoms with van der Waals surface area (Å²) in [7, 11) is 0. The summed E-state index contributed by atoms with van der Waals surface area (Å²) >= 11 is 0. The molecule has 0 bridgehead atoms. The van der Waals surface area contributed by atoms with Crippen molar-refractivity contribution in [3.8, 4) is 0 Å². The summed E-state index contributed by atoms with van der Waals surface area (Å²) in [6, 6.07) is 0.0242. The van der Waals surface area contributed by atoms with E-state index < -0.39 is 5.97 Å². The molecule has 1 saturated heterocycles. The SMILES string of the molecule is CCNCC(=O)N1CC(n2cc(C(=O)O)nn2)C1. The number of carboxylic acids is 1. The van der Waals surface area contributed by atoms with E-state index in [0.29, 0.717) is 19.6 Å². The quantitative estimate of drug-likeness (QED) is 0.696. The third kappa shape index (κ3) is 2.48. The Morgan fingerprint density at radius 2 is 2.28 bits per heavy atom. The Morgan fingerprint density at radius 1 is 1.56 bits per heavy atom. The predicted molar refractivity (Wildman–Crippen MR) is 61.1 cm³/mol. The van der Waals surface area contributed by atoms with Crippen LogP contribution in [0.3, 0.4) is 0 Å². The van der Waals surface area contributed by atoms with Crippen molar-refractivity contribution < 1.29 is 14.7 Å². The van der Waals surface area contributed by atoms with Gasteiger partial charge in [-0.15, -0.1) is 5.10 Å². The first kappa shape index (κ1) is 12.5. The molecular formula is C10H15N5O3. The first-order valence-corrected chi connectivity index (χ1v) is 5.75. The van der Waals surface area contributed by atoms with Gasteiger partial charge in [0.1, 0.15) is 0 Å². The zero-order valence-corrected chi connectivity index (χ0v) is 10.0. The summed E-state index contributed by atoms with van der Waals surface area (Å²) in [6.45, 7) is 4.13. The van der Waals surface area contributed by atoms with Gasteiger partial charge in [-0.3, -0.25) is 4.79 Å². The van der Waals surface area contributed by atoms with Crippen molar-refractivity contribution in [2.24, 2.45) is 0 Å². The summed E-state index contributed by atoms with van der Waals surface area (Å²) < 4.78 is 1.50. The van der Waals surface area contributed by atoms with Crippen molar-refractivity contribution >= 4 is 11.9 Å². The second-order valence-corrected chi connectivity index (χ2v) is 4.12. The van der Waals surface area contributed by atoms with Gasteiger partial charge < -0.3 is 15.3 Å². The number of aromatic carboxylic acids is 1. The minimum atomic E-state index is -1.10. The molecule has 1 aliphatic rings. The Labute approximate surface area is 104 Å². The molecule has 0 spiro atoms. The molecule has 0 unspecified atom stereocenters. The second-order valence-electron chi connectivity index (χ2n) is 4.12. The number of nitrogens with one attached hydrogen (secondary N) is 1. The van der Waals surface area contributed by atoms with Gasteiger partial charge in [0.2, 0.25) is 5.91 Å². The first-order valence-electron chi connectivity index (χ1n) is 5.75. The Bertz CT molecular complexity index is 452. The van der Waals surface area contributed by atoms with Gasteiger partial charge in [-0.1, -0.05) is 12.1 Å². The smallest absolute Gasteiger partial charge is 0.358 e. The number of hydrogen-bond acceptors (Lipinski definition) is 5. The van der Waals surface area contributed by atoms with Crippen molar-refractivity contribution in [3.05, 3.63) is 11.9 Å². The highest BCUT2D eigenvalue weighted by Crippen LogP contribution is 2.20. The topological polar surface area (TPSA) is 100 Å². The number of aromatic nitrogens is 3. The maximum Gasteiger partial charge on any atom is 0.358 e. The van der Waals surface area contributed by atoms with Crippen molar-refractivity contribution in [2.45, 2.75) is 13.0 Å². The lowest BCUT2D eigenvalue weighted by Crippen LogP contribution is -2.53. The average Bonchev–Trinajstić information content (AvgIpc) is 2.73. The molecule has 0 saturated carbocycles. The number of carbonyl (C=O) groups is 2. The highest BCUT2D eigenvalue weighted by molar-refractivity contribution is 5.84. The normalized spacial score (nSPS) is 15.5. The van der Waals surface area contributed by atoms with Gasteiger partial charge >= 0.3 is 5.97 Å². The molecule has 2 heterocycles. The van der Waals surface area contributed by atoms with Gasteiger partial charge in [0.15, 0.2) is 5.69 Å². The molecule has 2 N–H and O–H groups in total. The van der Waals surface area contributed by atoms with E-state index in [1.54, 1.807) is 4.90 Å². The van der Waals surface area contributed by atoms with Crippen molar-refractivity contribution in [2.75, 3.05) is 26.2 Å². The Morgan fingerprint density at radius 3 is 2.83 bits per heavy atom. The number of carbonyl (C=O) groups excluding carboxylic acids is 1. The van der Waals surface area contributed by atoms with E-state index in [1.165, 1.54) is 10.9 Å². The van der Waals surface area contributed by atoms with E-state index in [4.69, 9.17) is 5.11 Å². The molecule has 8 nitrogen and oxygen atoms in total. The fraction of sp³-hybridized carbons (Fsp3) is 0.600. The molecule has 1 aromatic rings. The fourth-order valence-corrected chi connectivity index (χ4v) is 1.72. The molecule has 1 aromatic heterocycles. The molecule has 8 heteroatoms. The number of carboxylic acid groups (broad SMARTS) is 1. The van der Waals surface area contributed by atoms with Crippen LogP contribution in [0.2, 0.25) is 0 Å². The minimum absolute atomic E-state index is 0.0242. The summed E-state index contributed by atoms with van der Waals surface area (Å²) in [5.41, 5.74) is -0.0765. The van der Waals surface area contributed by atoms with Crippen molar-refractivity contribution in [3.63, 3.8) is 0 Å². The van der Waals surface area contributed by atoms with E-state index >= 15 is 0 Å². The molecule has 2 rings (SSSR count). The molecule has 1 aliphatic heterocycles. The van der Waals surface area contributed by atoms with Crippen LogP contribution >= 0.6 is 0 Å². The van der Waals surface area contributed by atoms with Gasteiger partial charge in [0, 0.05) is 13.1 Å². The monoisotopic (exact) mass is 253 g/mol. The second kappa shape index (κ2) is 5.13. The lowest BCUT2D eigenvalue weighted by Gasteiger charge is -2.38. The van der Waals surface area contributed by atoms with E-state index in [9.17, 15) is 9.59 Å². The standard InChI is InChI=1S/C10H15N5O3/c1-2-11-3-9(16)14-4-7(5-14)15-6-8(10(17)18)12-13-15/h6-7,11H,2-5H2,1H3,(H,17,18). The Hall–Kier alpha value is -1.96. The fourth-order valence-electron chi connectivity index (χ4n) is 1.72. The zero-order chi connectivity index (χ0) is 13.1. The molecular weight excluding hydrogens is 238 g/mol. The van der Waals surface area contributed by atoms with Crippen LogP contribution in [0.1, 0.15) is 23.5 Å². The maximum atomic E-state index is 11.6. The van der Waals surface area contributed by atoms with Gasteiger partial charge in [0.25, 0.3) is 0 Å². The molecule has 0 atom stereocenters. The largest absolute Gasteiger partial charge is 0.476 e. The average molecular weight is 253 g/mol. The number of hydrogen-bond donors (Lipinski definition) is 2. The minimum Gasteiger partial charge on any atom is -0.476 e. The van der Waals surface area contributed by atoms with Gasteiger partial charge in [-0.2, -0.15) is 0 Å². The van der Waals surface area contributed by atoms with E-state index in [-0.39, 0.29) is 17.6 Å². The molecule has 1 fully saturated rings. The van der Waals surface area contributed by atoms with E-state index in [2.05, 4.69) is 15.6 Å². The molecule has 18 heavy (non-hydrogen) atoms. The third-order valence-electron chi connectivity index (χ3n) is 2.84. The van der Waals surface area contributed by atoms with Gasteiger partial charge in [-0.25, -0.2) is 9.48 Å². The number of amides is 1. The molecule has 0 radical (unpaired) electrons. The summed E-state index contributed by atoms with van der Waals surface area (Å²) in [5, 5.41) is 19.0. The van der Waals surface area contributed by atoms with Crippen LogP contribution in [0.15, 0.2) is 6.20 Å². The number of likely N-dealkylation sites (tertiary alicyclic amines) is 1. The van der Waals surface area contributed by atoms with Gasteiger partial charge in [-0.05, 0) is 6.54 Å². The lowest BCUT2D eigenvalue weighted by molar-refractivity contribution is -0.136. The molecule has 1 amide bonds. The Kier molecular flexibility index (Phi) is 3.56. The van der Waals surface area contributed by atoms with Crippen molar-refractivity contribution in [1.29, 1.82) is 0 Å². The number of likely N-dealkylation sites (N-methyl/N-ethyl adjacent to an activating group) is 1. The van der Waals surface area contributed by atoms with Crippen LogP contribution in [0.5, 0.6) is 0 Å². The van der Waals surface area contributed by atoms with Crippen LogP contribution in [0.4, 0.5) is 0 Å². The molecule has 0 aliphatic carbocycles. The van der Waals surface area contributed by atoms with Crippen LogP contribution in [0.25, 0.3) is 0 Å². The van der Waals surface area contributed by atoms with Crippen molar-refractivity contribution in [1.82, 2.24) is 25.2 Å². The number of nitrogens with zero attached hydrogens (tertiary/aromatic N) is 4. The molecule has 0 aromatic carbocycles. The van der Waals surface area contributed by atoms with E-state index in [1.807, 2.05) is 6.92 Å². The zero-order valence-electron chi connectivity index (χ0n) is 10.0. The Balaban J connectivity index is 1.84. The third-order valence-corrected chi connectivity index (χ3v) is 2.84. The van der Waals surface area contributed by atoms with Crippen LogP contribution in [-0.2, 0) is 4.79 Å². The summed E-state index contributed by atoms with van der Waals surface area (Å²) in [4.78, 5) is 23.9. The highest BCUT2D eigenvalue weighted by Gasteiger charge is 2.32. The predicted octanol–water partition coefficient (Wildman–Crippen LogP) is -1.03. The van der Waals surface area contributed by atoms with Crippen LogP contribution < -0.4 is 5.32 Å². The van der Waals surface area contributed by atoms with Crippen LogP contribution in [0, 0.1) is 0 Å². The number of rotatable bonds is 5. The van der Waals surface area contributed by atoms with E-state index in [0.717, 1.165) is 6.54 Å². The maximum absolute atomic E-state index is 11.6. The highest BCUT2D eigenvalue weighted by atomic mass is 16.4. The molecule has 98 valence electrons. The first-order chi connectivity index (χ1) is 8.61. The lowest BCUT2D eigenvalue weighted by atomic mass is 10.1.